The van der Waals surface area contributed by atoms with Crippen LogP contribution in [0.3, 0.4) is 0 Å². The minimum atomic E-state index is -0.150. The Morgan fingerprint density at radius 3 is 1.40 bits per heavy atom. The predicted octanol–water partition coefficient (Wildman–Crippen LogP) is 13.5. The highest BCUT2D eigenvalue weighted by Gasteiger charge is 2.31. The van der Waals surface area contributed by atoms with Gasteiger partial charge in [0, 0.05) is 0 Å². The summed E-state index contributed by atoms with van der Waals surface area (Å²) < 4.78 is 0. The fourth-order valence-corrected chi connectivity index (χ4v) is 8.96. The van der Waals surface area contributed by atoms with Crippen LogP contribution in [0.25, 0.3) is 65.7 Å². The smallest absolute Gasteiger partial charge is 0.0870 e. The number of hydrogen-bond donors (Lipinski definition) is 3. The Kier molecular flexibility index (Phi) is 9.64. The molecule has 58 heavy (non-hydrogen) atoms. The molecular weight excluding hydrogens is 703 g/mol. The third kappa shape index (κ3) is 6.78. The van der Waals surface area contributed by atoms with E-state index in [9.17, 15) is 0 Å². The van der Waals surface area contributed by atoms with Gasteiger partial charge in [0.25, 0.3) is 0 Å². The van der Waals surface area contributed by atoms with Crippen molar-refractivity contribution in [3.63, 3.8) is 0 Å². The molecule has 1 saturated heterocycles. The van der Waals surface area contributed by atoms with E-state index in [0.717, 1.165) is 12.8 Å². The summed E-state index contributed by atoms with van der Waals surface area (Å²) in [5, 5.41) is 19.6. The van der Waals surface area contributed by atoms with Crippen LogP contribution in [0.2, 0.25) is 0 Å². The average Bonchev–Trinajstić information content (AvgIpc) is 3.31. The molecule has 2 atom stereocenters. The molecule has 9 aromatic rings. The van der Waals surface area contributed by atoms with Crippen molar-refractivity contribution in [2.75, 3.05) is 0 Å². The average molecular weight is 750 g/mol. The molecule has 0 aromatic heterocycles. The highest BCUT2D eigenvalue weighted by molar-refractivity contribution is 6.16. The lowest BCUT2D eigenvalue weighted by Crippen LogP contribution is -2.54. The van der Waals surface area contributed by atoms with Crippen LogP contribution in [0, 0.1) is 0 Å². The zero-order chi connectivity index (χ0) is 39.0. The Morgan fingerprint density at radius 1 is 0.345 bits per heavy atom. The second-order valence-electron chi connectivity index (χ2n) is 15.6. The molecule has 0 saturated carbocycles. The minimum Gasteiger partial charge on any atom is -0.279 e. The predicted molar refractivity (Wildman–Crippen MR) is 245 cm³/mol. The quantitative estimate of drug-likeness (QED) is 0.135. The van der Waals surface area contributed by atoms with Crippen LogP contribution in [0.1, 0.15) is 60.2 Å². The third-order valence-electron chi connectivity index (χ3n) is 12.2. The van der Waals surface area contributed by atoms with Crippen molar-refractivity contribution in [2.24, 2.45) is 0 Å². The molecule has 3 nitrogen and oxygen atoms in total. The number of nitrogens with one attached hydrogen (secondary N) is 3. The molecule has 1 fully saturated rings. The molecule has 1 aliphatic rings. The van der Waals surface area contributed by atoms with Gasteiger partial charge in [-0.1, -0.05) is 184 Å². The molecule has 9 aromatic carbocycles. The SMILES string of the molecule is CCc1ccc(-c2cccc(C3NC(c4cccc(-c5ccc(CC)cc5)c4)NC(c4ccc(-c5cc6ccccc6c6ccccc56)c5ccccc45)N3)c2)cc1. The second-order valence-corrected chi connectivity index (χ2v) is 15.6. The number of hydrogen-bond acceptors (Lipinski definition) is 3. The van der Waals surface area contributed by atoms with E-state index in [1.807, 2.05) is 0 Å². The lowest BCUT2D eigenvalue weighted by molar-refractivity contribution is 0.204. The first-order valence-corrected chi connectivity index (χ1v) is 20.7. The molecule has 0 aliphatic carbocycles. The highest BCUT2D eigenvalue weighted by Crippen LogP contribution is 2.41. The fraction of sp³-hybridized carbons (Fsp3) is 0.127. The summed E-state index contributed by atoms with van der Waals surface area (Å²) in [7, 11) is 0. The van der Waals surface area contributed by atoms with E-state index < -0.39 is 0 Å². The van der Waals surface area contributed by atoms with Gasteiger partial charge in [0.05, 0.1) is 18.5 Å². The fourth-order valence-electron chi connectivity index (χ4n) is 8.96. The van der Waals surface area contributed by atoms with Gasteiger partial charge in [0.15, 0.2) is 0 Å². The van der Waals surface area contributed by atoms with Gasteiger partial charge in [-0.3, -0.25) is 16.0 Å². The molecule has 10 rings (SSSR count). The molecule has 1 heterocycles. The Bertz CT molecular complexity index is 2810. The van der Waals surface area contributed by atoms with Crippen molar-refractivity contribution in [2.45, 2.75) is 45.2 Å². The van der Waals surface area contributed by atoms with E-state index in [1.54, 1.807) is 0 Å². The molecule has 0 radical (unpaired) electrons. The van der Waals surface area contributed by atoms with Crippen LogP contribution in [0.4, 0.5) is 0 Å². The molecule has 0 amide bonds. The zero-order valence-corrected chi connectivity index (χ0v) is 33.0. The van der Waals surface area contributed by atoms with Crippen molar-refractivity contribution in [3.05, 3.63) is 216 Å². The molecule has 1 aliphatic heterocycles. The maximum atomic E-state index is 4.02. The number of benzene rings is 9. The minimum absolute atomic E-state index is 0.124. The van der Waals surface area contributed by atoms with Gasteiger partial charge in [-0.15, -0.1) is 0 Å². The molecule has 282 valence electrons. The van der Waals surface area contributed by atoms with E-state index in [2.05, 4.69) is 218 Å². The van der Waals surface area contributed by atoms with Gasteiger partial charge in [-0.25, -0.2) is 0 Å². The third-order valence-corrected chi connectivity index (χ3v) is 12.2. The summed E-state index contributed by atoms with van der Waals surface area (Å²) in [6.45, 7) is 4.41. The largest absolute Gasteiger partial charge is 0.279 e. The van der Waals surface area contributed by atoms with Gasteiger partial charge in [-0.2, -0.15) is 0 Å². The van der Waals surface area contributed by atoms with Crippen LogP contribution in [-0.4, -0.2) is 0 Å². The van der Waals surface area contributed by atoms with Gasteiger partial charge < -0.3 is 0 Å². The summed E-state index contributed by atoms with van der Waals surface area (Å²) in [5.74, 6) is 0. The lowest BCUT2D eigenvalue weighted by Gasteiger charge is -2.40. The summed E-state index contributed by atoms with van der Waals surface area (Å²) in [6, 6.07) is 69.5. The number of rotatable bonds is 8. The zero-order valence-electron chi connectivity index (χ0n) is 33.0. The van der Waals surface area contributed by atoms with E-state index in [1.165, 1.54) is 93.5 Å². The normalized spacial score (nSPS) is 16.9. The molecular formula is C55H47N3. The second kappa shape index (κ2) is 15.5. The van der Waals surface area contributed by atoms with E-state index in [-0.39, 0.29) is 18.5 Å². The van der Waals surface area contributed by atoms with Crippen LogP contribution in [-0.2, 0) is 12.8 Å². The molecule has 0 spiro atoms. The molecule has 0 bridgehead atoms. The van der Waals surface area contributed by atoms with Crippen molar-refractivity contribution in [1.82, 2.24) is 16.0 Å². The standard InChI is InChI=1S/C55H47N3/c1-3-36-23-27-38(28-24-36)40-14-11-16-43(33-40)53-56-54(44-17-12-15-41(34-44)39-29-25-37(4-2)26-30-39)58-55(57-53)51-32-31-50(47-20-8-9-21-48(47)51)52-35-42-13-5-6-18-45(42)46-19-7-10-22-49(46)52/h5-35,53-58H,3-4H2,1-2H3. The summed E-state index contributed by atoms with van der Waals surface area (Å²) >= 11 is 0. The first kappa shape index (κ1) is 36.0. The molecule has 2 unspecified atom stereocenters. The monoisotopic (exact) mass is 749 g/mol. The molecule has 3 N–H and O–H groups in total. The Balaban J connectivity index is 1.08. The summed E-state index contributed by atoms with van der Waals surface area (Å²) in [4.78, 5) is 0. The Hall–Kier alpha value is -6.36. The van der Waals surface area contributed by atoms with Crippen LogP contribution in [0.15, 0.2) is 188 Å². The van der Waals surface area contributed by atoms with E-state index in [4.69, 9.17) is 0 Å². The van der Waals surface area contributed by atoms with Gasteiger partial charge in [0.2, 0.25) is 0 Å². The van der Waals surface area contributed by atoms with E-state index in [0.29, 0.717) is 0 Å². The van der Waals surface area contributed by atoms with Crippen molar-refractivity contribution < 1.29 is 0 Å². The highest BCUT2D eigenvalue weighted by atomic mass is 15.4. The lowest BCUT2D eigenvalue weighted by atomic mass is 9.89. The maximum absolute atomic E-state index is 4.02. The van der Waals surface area contributed by atoms with Crippen LogP contribution in [0.5, 0.6) is 0 Å². The Morgan fingerprint density at radius 2 is 0.828 bits per heavy atom. The van der Waals surface area contributed by atoms with Gasteiger partial charge >= 0.3 is 0 Å². The van der Waals surface area contributed by atoms with E-state index >= 15 is 0 Å². The maximum Gasteiger partial charge on any atom is 0.0870 e. The topological polar surface area (TPSA) is 36.1 Å². The van der Waals surface area contributed by atoms with Gasteiger partial charge in [0.1, 0.15) is 0 Å². The van der Waals surface area contributed by atoms with Crippen molar-refractivity contribution in [1.29, 1.82) is 0 Å². The van der Waals surface area contributed by atoms with Crippen molar-refractivity contribution in [3.8, 4) is 33.4 Å². The number of fused-ring (bicyclic) bond motifs is 4. The van der Waals surface area contributed by atoms with Crippen LogP contribution < -0.4 is 16.0 Å². The number of aryl methyl sites for hydroxylation is 2. The first-order chi connectivity index (χ1) is 28.6. The van der Waals surface area contributed by atoms with Gasteiger partial charge in [-0.05, 0) is 125 Å². The van der Waals surface area contributed by atoms with Crippen LogP contribution >= 0.6 is 0 Å². The van der Waals surface area contributed by atoms with Crippen molar-refractivity contribution >= 4 is 32.3 Å². The Labute approximate surface area is 341 Å². The summed E-state index contributed by atoms with van der Waals surface area (Å²) in [6.07, 6.45) is 1.67. The first-order valence-electron chi connectivity index (χ1n) is 20.7. The summed E-state index contributed by atoms with van der Waals surface area (Å²) in [5.41, 5.74) is 13.7. The molecule has 3 heteroatoms.